The van der Waals surface area contributed by atoms with E-state index in [9.17, 15) is 4.79 Å². The molecule has 1 aliphatic rings. The molecule has 0 N–H and O–H groups in total. The maximum Gasteiger partial charge on any atom is 0.235 e. The fourth-order valence-corrected chi connectivity index (χ4v) is 3.79. The Morgan fingerprint density at radius 3 is 2.75 bits per heavy atom. The van der Waals surface area contributed by atoms with Crippen molar-refractivity contribution in [3.8, 4) is 23.0 Å². The molecule has 0 unspecified atom stereocenters. The lowest BCUT2D eigenvalue weighted by Gasteiger charge is -2.29. The topological polar surface area (TPSA) is 74.0 Å². The highest BCUT2D eigenvalue weighted by molar-refractivity contribution is 5.83. The number of ether oxygens (including phenoxy) is 3. The van der Waals surface area contributed by atoms with E-state index in [1.807, 2.05) is 43.5 Å². The van der Waals surface area contributed by atoms with Crippen LogP contribution in [0.25, 0.3) is 11.0 Å². The molecule has 0 fully saturated rings. The number of hydrogen-bond donors (Lipinski definition) is 0. The van der Waals surface area contributed by atoms with Crippen molar-refractivity contribution < 1.29 is 18.6 Å². The molecule has 2 aromatic carbocycles. The van der Waals surface area contributed by atoms with Crippen LogP contribution in [0.5, 0.6) is 23.0 Å². The van der Waals surface area contributed by atoms with Crippen molar-refractivity contribution in [1.82, 2.24) is 9.88 Å². The predicted octanol–water partition coefficient (Wildman–Crippen LogP) is 4.73. The number of benzene rings is 2. The third-order valence-electron chi connectivity index (χ3n) is 5.25. The van der Waals surface area contributed by atoms with Crippen molar-refractivity contribution in [3.05, 3.63) is 88.5 Å². The first-order valence-corrected chi connectivity index (χ1v) is 10.4. The molecule has 0 atom stereocenters. The van der Waals surface area contributed by atoms with Crippen molar-refractivity contribution in [2.24, 2.45) is 0 Å². The van der Waals surface area contributed by atoms with Gasteiger partial charge in [0, 0.05) is 25.5 Å². The van der Waals surface area contributed by atoms with E-state index in [1.165, 1.54) is 6.26 Å². The molecule has 0 radical (unpaired) electrons. The first-order chi connectivity index (χ1) is 15.7. The Bertz CT molecular complexity index is 1300. The minimum absolute atomic E-state index is 0.105. The molecule has 32 heavy (non-hydrogen) atoms. The molecule has 0 amide bonds. The monoisotopic (exact) mass is 430 g/mol. The van der Waals surface area contributed by atoms with Gasteiger partial charge in [-0.15, -0.1) is 0 Å². The number of fused-ring (bicyclic) bond motifs is 3. The summed E-state index contributed by atoms with van der Waals surface area (Å²) in [7, 11) is 0. The Labute approximate surface area is 184 Å². The van der Waals surface area contributed by atoms with Gasteiger partial charge in [0.2, 0.25) is 11.2 Å². The van der Waals surface area contributed by atoms with Gasteiger partial charge in [0.25, 0.3) is 0 Å². The maximum atomic E-state index is 13.2. The zero-order valence-electron chi connectivity index (χ0n) is 17.6. The highest BCUT2D eigenvalue weighted by atomic mass is 16.5. The van der Waals surface area contributed by atoms with Gasteiger partial charge >= 0.3 is 0 Å². The number of pyridine rings is 1. The highest BCUT2D eigenvalue weighted by Gasteiger charge is 2.23. The van der Waals surface area contributed by atoms with Gasteiger partial charge in [-0.05, 0) is 42.8 Å². The number of rotatable bonds is 6. The summed E-state index contributed by atoms with van der Waals surface area (Å²) in [6, 6.07) is 14.7. The summed E-state index contributed by atoms with van der Waals surface area (Å²) in [6.07, 6.45) is 4.94. The van der Waals surface area contributed by atoms with E-state index in [2.05, 4.69) is 9.88 Å². The Hall–Kier alpha value is -3.84. The molecule has 7 heteroatoms. The Morgan fingerprint density at radius 2 is 1.94 bits per heavy atom. The first kappa shape index (κ1) is 20.1. The van der Waals surface area contributed by atoms with Crippen LogP contribution < -0.4 is 19.6 Å². The molecular weight excluding hydrogens is 408 g/mol. The van der Waals surface area contributed by atoms with E-state index in [0.717, 1.165) is 16.9 Å². The smallest absolute Gasteiger partial charge is 0.235 e. The number of para-hydroxylation sites is 2. The summed E-state index contributed by atoms with van der Waals surface area (Å²) in [6.45, 7) is 4.12. The SMILES string of the molecule is CCOc1ccccc1Oc1coc2c3c(ccc2c1=O)OCN(Cc1cccnc1)C3. The van der Waals surface area contributed by atoms with Crippen LogP contribution in [0.2, 0.25) is 0 Å². The van der Waals surface area contributed by atoms with Crippen molar-refractivity contribution in [1.29, 1.82) is 0 Å². The van der Waals surface area contributed by atoms with Crippen LogP contribution in [0, 0.1) is 0 Å². The molecule has 4 aromatic rings. The van der Waals surface area contributed by atoms with Crippen LogP contribution in [0.1, 0.15) is 18.1 Å². The van der Waals surface area contributed by atoms with Crippen LogP contribution in [-0.2, 0) is 13.1 Å². The van der Waals surface area contributed by atoms with E-state index in [4.69, 9.17) is 18.6 Å². The van der Waals surface area contributed by atoms with Crippen molar-refractivity contribution in [2.75, 3.05) is 13.3 Å². The van der Waals surface area contributed by atoms with Crippen molar-refractivity contribution in [2.45, 2.75) is 20.0 Å². The van der Waals surface area contributed by atoms with Gasteiger partial charge in [0.05, 0.1) is 17.6 Å². The Morgan fingerprint density at radius 1 is 1.06 bits per heavy atom. The molecule has 0 saturated carbocycles. The molecule has 0 bridgehead atoms. The Balaban J connectivity index is 1.46. The highest BCUT2D eigenvalue weighted by Crippen LogP contribution is 2.34. The third kappa shape index (κ3) is 3.90. The minimum Gasteiger partial charge on any atom is -0.490 e. The molecule has 0 aliphatic carbocycles. The molecule has 0 saturated heterocycles. The average molecular weight is 430 g/mol. The van der Waals surface area contributed by atoms with Gasteiger partial charge < -0.3 is 18.6 Å². The first-order valence-electron chi connectivity index (χ1n) is 10.4. The lowest BCUT2D eigenvalue weighted by molar-refractivity contribution is 0.0889. The molecule has 5 rings (SSSR count). The standard InChI is InChI=1S/C25H22N2O5/c1-2-29-21-7-3-4-8-22(21)32-23-15-30-25-18(24(23)28)9-10-20-19(25)14-27(16-31-20)13-17-6-5-11-26-12-17/h3-12,15H,2,13-14,16H2,1H3. The number of aromatic nitrogens is 1. The molecule has 162 valence electrons. The molecule has 2 aromatic heterocycles. The summed E-state index contributed by atoms with van der Waals surface area (Å²) in [4.78, 5) is 19.5. The van der Waals surface area contributed by atoms with Crippen LogP contribution >= 0.6 is 0 Å². The van der Waals surface area contributed by atoms with Crippen molar-refractivity contribution >= 4 is 11.0 Å². The largest absolute Gasteiger partial charge is 0.490 e. The zero-order valence-corrected chi connectivity index (χ0v) is 17.6. The predicted molar refractivity (Wildman–Crippen MR) is 119 cm³/mol. The fraction of sp³-hybridized carbons (Fsp3) is 0.200. The average Bonchev–Trinajstić information content (AvgIpc) is 2.83. The summed E-state index contributed by atoms with van der Waals surface area (Å²) in [5.74, 6) is 1.86. The summed E-state index contributed by atoms with van der Waals surface area (Å²) < 4.78 is 23.3. The van der Waals surface area contributed by atoms with Crippen LogP contribution in [-0.4, -0.2) is 23.2 Å². The lowest BCUT2D eigenvalue weighted by atomic mass is 10.1. The molecule has 1 aliphatic heterocycles. The van der Waals surface area contributed by atoms with Gasteiger partial charge in [-0.1, -0.05) is 18.2 Å². The third-order valence-corrected chi connectivity index (χ3v) is 5.25. The quantitative estimate of drug-likeness (QED) is 0.438. The maximum absolute atomic E-state index is 13.2. The summed E-state index contributed by atoms with van der Waals surface area (Å²) in [5.41, 5.74) is 2.19. The van der Waals surface area contributed by atoms with E-state index in [-0.39, 0.29) is 11.2 Å². The summed E-state index contributed by atoms with van der Waals surface area (Å²) in [5, 5.41) is 0.446. The van der Waals surface area contributed by atoms with Crippen molar-refractivity contribution in [3.63, 3.8) is 0 Å². The number of hydrogen-bond acceptors (Lipinski definition) is 7. The van der Waals surface area contributed by atoms with Gasteiger partial charge in [0.1, 0.15) is 24.3 Å². The molecule has 7 nitrogen and oxygen atoms in total. The van der Waals surface area contributed by atoms with Gasteiger partial charge in [-0.25, -0.2) is 0 Å². The summed E-state index contributed by atoms with van der Waals surface area (Å²) >= 11 is 0. The van der Waals surface area contributed by atoms with E-state index in [0.29, 0.717) is 48.9 Å². The van der Waals surface area contributed by atoms with Crippen LogP contribution in [0.3, 0.4) is 0 Å². The number of nitrogens with zero attached hydrogens (tertiary/aromatic N) is 2. The lowest BCUT2D eigenvalue weighted by Crippen LogP contribution is -2.31. The van der Waals surface area contributed by atoms with E-state index < -0.39 is 0 Å². The van der Waals surface area contributed by atoms with Crippen LogP contribution in [0.15, 0.2) is 76.4 Å². The molecular formula is C25H22N2O5. The van der Waals surface area contributed by atoms with Gasteiger partial charge in [-0.2, -0.15) is 0 Å². The minimum atomic E-state index is -0.246. The fourth-order valence-electron chi connectivity index (χ4n) is 3.79. The van der Waals surface area contributed by atoms with E-state index in [1.54, 1.807) is 24.4 Å². The Kier molecular flexibility index (Phi) is 5.47. The second-order valence-corrected chi connectivity index (χ2v) is 7.45. The van der Waals surface area contributed by atoms with Crippen LogP contribution in [0.4, 0.5) is 0 Å². The van der Waals surface area contributed by atoms with E-state index >= 15 is 0 Å². The van der Waals surface area contributed by atoms with Gasteiger partial charge in [0.15, 0.2) is 11.5 Å². The second kappa shape index (κ2) is 8.72. The van der Waals surface area contributed by atoms with Gasteiger partial charge in [-0.3, -0.25) is 14.7 Å². The second-order valence-electron chi connectivity index (χ2n) is 7.45. The molecule has 3 heterocycles. The zero-order chi connectivity index (χ0) is 21.9. The molecule has 0 spiro atoms. The normalized spacial score (nSPS) is 13.4.